The summed E-state index contributed by atoms with van der Waals surface area (Å²) >= 11 is 0. The number of nitrogens with zero attached hydrogens (tertiary/aromatic N) is 1. The molecule has 9 amide bonds. The molecule has 7 atom stereocenters. The number of carbonyl (C=O) groups is 10. The monoisotopic (exact) mass is 947 g/mol. The van der Waals surface area contributed by atoms with Gasteiger partial charge in [-0.2, -0.15) is 0 Å². The van der Waals surface area contributed by atoms with Crippen molar-refractivity contribution in [1.29, 1.82) is 0 Å². The molecule has 0 aliphatic carbocycles. The lowest BCUT2D eigenvalue weighted by atomic mass is 10.0. The Hall–Kier alpha value is -7.40. The van der Waals surface area contributed by atoms with Crippen LogP contribution in [0, 0.1) is 5.92 Å². The standard InChI is InChI=1S/C45H61N11O12/c1-24(2)17-30(52-39(61)28(46)14-15-36(47)58)40(62)54-32(20-37(48)59)42(64)53-31(18-25-9-4-3-5-10-25)41(63)55-34(23-57)44(66)56-16-8-13-35(56)43(65)50-22-38(60)51-33(45(67)68)19-26-21-49-29-12-7-6-11-27(26)29/h3-7,9-12,21,24,28,30-35,49,57H,8,13-20,22-23,46H2,1-2H3,(H2,47,58)(H2,48,59)(H,50,65)(H,51,60)(H,52,61)(H,53,64)(H,54,62)(H,55,63)(H,67,68)/t28-,30-,31-,32-,33-,34-,35-/m0/s1. The normalized spacial score (nSPS) is 16.0. The van der Waals surface area contributed by atoms with Crippen LogP contribution in [0.1, 0.15) is 63.5 Å². The predicted octanol–water partition coefficient (Wildman–Crippen LogP) is -2.92. The summed E-state index contributed by atoms with van der Waals surface area (Å²) in [4.78, 5) is 134. The number of benzene rings is 2. The summed E-state index contributed by atoms with van der Waals surface area (Å²) in [5.74, 6) is -9.22. The molecule has 1 fully saturated rings. The Labute approximate surface area is 391 Å². The first-order chi connectivity index (χ1) is 32.3. The third kappa shape index (κ3) is 15.9. The molecule has 0 saturated carbocycles. The molecule has 23 nitrogen and oxygen atoms in total. The zero-order valence-electron chi connectivity index (χ0n) is 37.8. The lowest BCUT2D eigenvalue weighted by molar-refractivity contribution is -0.143. The summed E-state index contributed by atoms with van der Waals surface area (Å²) in [7, 11) is 0. The Morgan fingerprint density at radius 1 is 0.750 bits per heavy atom. The zero-order valence-corrected chi connectivity index (χ0v) is 37.8. The van der Waals surface area contributed by atoms with Crippen molar-refractivity contribution in [3.8, 4) is 0 Å². The molecule has 3 aromatic rings. The van der Waals surface area contributed by atoms with Gasteiger partial charge in [-0.25, -0.2) is 4.79 Å². The minimum atomic E-state index is -1.67. The van der Waals surface area contributed by atoms with Crippen LogP contribution in [-0.4, -0.2) is 141 Å². The van der Waals surface area contributed by atoms with Crippen molar-refractivity contribution < 1.29 is 58.2 Å². The number of nitrogens with two attached hydrogens (primary N) is 3. The number of amides is 9. The number of hydrogen-bond donors (Lipinski definition) is 12. The molecule has 1 saturated heterocycles. The topological polar surface area (TPSA) is 380 Å². The Morgan fingerprint density at radius 2 is 1.37 bits per heavy atom. The number of para-hydroxylation sites is 1. The number of aliphatic hydroxyl groups is 1. The maximum atomic E-state index is 14.0. The van der Waals surface area contributed by atoms with Gasteiger partial charge in [-0.3, -0.25) is 43.2 Å². The largest absolute Gasteiger partial charge is 0.480 e. The van der Waals surface area contributed by atoms with Gasteiger partial charge >= 0.3 is 5.97 Å². The molecule has 1 aromatic heterocycles. The van der Waals surface area contributed by atoms with Crippen LogP contribution in [0.15, 0.2) is 60.8 Å². The first-order valence-corrected chi connectivity index (χ1v) is 22.1. The molecule has 23 heteroatoms. The summed E-state index contributed by atoms with van der Waals surface area (Å²) in [6.45, 7) is 2.01. The molecule has 0 bridgehead atoms. The van der Waals surface area contributed by atoms with Gasteiger partial charge in [-0.1, -0.05) is 62.4 Å². The number of aromatic nitrogens is 1. The van der Waals surface area contributed by atoms with Crippen LogP contribution < -0.4 is 49.1 Å². The predicted molar refractivity (Wildman–Crippen MR) is 244 cm³/mol. The van der Waals surface area contributed by atoms with Crippen LogP contribution in [0.3, 0.4) is 0 Å². The third-order valence-electron chi connectivity index (χ3n) is 11.1. The number of rotatable bonds is 26. The van der Waals surface area contributed by atoms with Crippen molar-refractivity contribution in [2.24, 2.45) is 23.1 Å². The average Bonchev–Trinajstić information content (AvgIpc) is 3.96. The molecular formula is C45H61N11O12. The molecule has 15 N–H and O–H groups in total. The number of fused-ring (bicyclic) bond motifs is 1. The van der Waals surface area contributed by atoms with Crippen molar-refractivity contribution in [2.75, 3.05) is 19.7 Å². The maximum absolute atomic E-state index is 14.0. The molecule has 68 heavy (non-hydrogen) atoms. The molecule has 0 radical (unpaired) electrons. The number of aliphatic carboxylic acids is 1. The molecular weight excluding hydrogens is 887 g/mol. The van der Waals surface area contributed by atoms with E-state index in [1.54, 1.807) is 56.4 Å². The number of carboxylic acids is 1. The van der Waals surface area contributed by atoms with E-state index in [1.165, 1.54) is 0 Å². The van der Waals surface area contributed by atoms with Crippen LogP contribution in [0.4, 0.5) is 0 Å². The van der Waals surface area contributed by atoms with Gasteiger partial charge in [-0.05, 0) is 48.8 Å². The van der Waals surface area contributed by atoms with Crippen molar-refractivity contribution >= 4 is 70.0 Å². The Balaban J connectivity index is 1.43. The fourth-order valence-electron chi connectivity index (χ4n) is 7.64. The van der Waals surface area contributed by atoms with E-state index in [0.29, 0.717) is 17.5 Å². The van der Waals surface area contributed by atoms with E-state index < -0.39 is 121 Å². The van der Waals surface area contributed by atoms with Crippen molar-refractivity contribution in [3.63, 3.8) is 0 Å². The Morgan fingerprint density at radius 3 is 2.01 bits per heavy atom. The van der Waals surface area contributed by atoms with E-state index in [2.05, 4.69) is 36.9 Å². The first kappa shape index (κ1) is 53.2. The highest BCUT2D eigenvalue weighted by Gasteiger charge is 2.39. The number of carbonyl (C=O) groups excluding carboxylic acids is 9. The SMILES string of the molecule is CC(C)C[C@H](NC(=O)[C@@H](N)CCC(N)=O)C(=O)N[C@@H](CC(N)=O)C(=O)N[C@@H](Cc1ccccc1)C(=O)N[C@@H](CO)C(=O)N1CCC[C@H]1C(=O)NCC(=O)N[C@@H](Cc1c[nH]c2ccccc12)C(=O)O. The van der Waals surface area contributed by atoms with Gasteiger partial charge in [0.1, 0.15) is 36.3 Å². The first-order valence-electron chi connectivity index (χ1n) is 22.1. The van der Waals surface area contributed by atoms with E-state index in [4.69, 9.17) is 17.2 Å². The summed E-state index contributed by atoms with van der Waals surface area (Å²) in [6, 6.07) is 5.89. The molecule has 2 heterocycles. The van der Waals surface area contributed by atoms with Gasteiger partial charge in [-0.15, -0.1) is 0 Å². The number of aromatic amines is 1. The van der Waals surface area contributed by atoms with Gasteiger partial charge in [0.15, 0.2) is 0 Å². The number of nitrogens with one attached hydrogen (secondary N) is 7. The second-order valence-corrected chi connectivity index (χ2v) is 17.0. The fraction of sp³-hybridized carbons (Fsp3) is 0.467. The molecule has 0 spiro atoms. The minimum Gasteiger partial charge on any atom is -0.480 e. The van der Waals surface area contributed by atoms with Crippen molar-refractivity contribution in [1.82, 2.24) is 41.8 Å². The van der Waals surface area contributed by atoms with Crippen LogP contribution in [0.5, 0.6) is 0 Å². The summed E-state index contributed by atoms with van der Waals surface area (Å²) in [6.07, 6.45) is 0.972. The van der Waals surface area contributed by atoms with Gasteiger partial charge in [0.05, 0.1) is 25.6 Å². The Bertz CT molecular complexity index is 2310. The fourth-order valence-corrected chi connectivity index (χ4v) is 7.64. The van der Waals surface area contributed by atoms with Crippen molar-refractivity contribution in [3.05, 3.63) is 71.9 Å². The molecule has 0 unspecified atom stereocenters. The summed E-state index contributed by atoms with van der Waals surface area (Å²) in [5, 5.41) is 35.7. The summed E-state index contributed by atoms with van der Waals surface area (Å²) in [5.41, 5.74) is 18.5. The smallest absolute Gasteiger partial charge is 0.326 e. The van der Waals surface area contributed by atoms with Gasteiger partial charge in [0.2, 0.25) is 53.2 Å². The van der Waals surface area contributed by atoms with Crippen LogP contribution >= 0.6 is 0 Å². The number of carboxylic acid groups (broad SMARTS) is 1. The molecule has 4 rings (SSSR count). The minimum absolute atomic E-state index is 0.0391. The lowest BCUT2D eigenvalue weighted by Gasteiger charge is -2.29. The Kier molecular flexibility index (Phi) is 20.0. The van der Waals surface area contributed by atoms with E-state index in [1.807, 2.05) is 18.2 Å². The highest BCUT2D eigenvalue weighted by molar-refractivity contribution is 5.99. The quantitative estimate of drug-likeness (QED) is 0.0384. The van der Waals surface area contributed by atoms with E-state index in [0.717, 1.165) is 15.8 Å². The van der Waals surface area contributed by atoms with Gasteiger partial charge in [0.25, 0.3) is 0 Å². The third-order valence-corrected chi connectivity index (χ3v) is 11.1. The second kappa shape index (κ2) is 25.5. The van der Waals surface area contributed by atoms with Crippen LogP contribution in [-0.2, 0) is 60.8 Å². The highest BCUT2D eigenvalue weighted by atomic mass is 16.4. The maximum Gasteiger partial charge on any atom is 0.326 e. The van der Waals surface area contributed by atoms with E-state index in [-0.39, 0.29) is 51.0 Å². The lowest BCUT2D eigenvalue weighted by Crippen LogP contribution is -2.61. The van der Waals surface area contributed by atoms with Gasteiger partial charge in [0, 0.05) is 42.9 Å². The number of likely N-dealkylation sites (tertiary alicyclic amines) is 1. The number of primary amides is 2. The summed E-state index contributed by atoms with van der Waals surface area (Å²) < 4.78 is 0. The number of hydrogen-bond acceptors (Lipinski definition) is 12. The number of H-pyrrole nitrogens is 1. The molecule has 2 aromatic carbocycles. The van der Waals surface area contributed by atoms with Crippen LogP contribution in [0.25, 0.3) is 10.9 Å². The number of aliphatic hydroxyl groups excluding tert-OH is 1. The molecule has 368 valence electrons. The zero-order chi connectivity index (χ0) is 50.1. The van der Waals surface area contributed by atoms with E-state index in [9.17, 15) is 58.2 Å². The molecule has 1 aliphatic heterocycles. The van der Waals surface area contributed by atoms with E-state index >= 15 is 0 Å². The van der Waals surface area contributed by atoms with Crippen LogP contribution in [0.2, 0.25) is 0 Å². The van der Waals surface area contributed by atoms with Gasteiger partial charge < -0.3 is 69.2 Å². The average molecular weight is 948 g/mol. The second-order valence-electron chi connectivity index (χ2n) is 17.0. The van der Waals surface area contributed by atoms with Crippen molar-refractivity contribution in [2.45, 2.75) is 108 Å². The molecule has 1 aliphatic rings. The highest BCUT2D eigenvalue weighted by Crippen LogP contribution is 2.21.